The molecule has 0 radical (unpaired) electrons. The number of hydrogen-bond donors (Lipinski definition) is 1. The average molecular weight is 465 g/mol. The maximum atomic E-state index is 13.4. The molecule has 4 aliphatic rings. The molecule has 4 rings (SSSR count). The van der Waals surface area contributed by atoms with E-state index in [2.05, 4.69) is 31.0 Å². The molecule has 4 saturated heterocycles. The van der Waals surface area contributed by atoms with E-state index in [0.717, 1.165) is 32.7 Å². The maximum absolute atomic E-state index is 13.4. The summed E-state index contributed by atoms with van der Waals surface area (Å²) in [7, 11) is 0. The van der Waals surface area contributed by atoms with E-state index in [9.17, 15) is 9.59 Å². The summed E-state index contributed by atoms with van der Waals surface area (Å²) in [5, 5.41) is 3.33. The predicted molar refractivity (Wildman–Crippen MR) is 127 cm³/mol. The van der Waals surface area contributed by atoms with E-state index in [1.165, 1.54) is 25.9 Å². The lowest BCUT2D eigenvalue weighted by Crippen LogP contribution is -2.63. The molecule has 1 spiro atoms. The quantitative estimate of drug-likeness (QED) is 0.645. The highest BCUT2D eigenvalue weighted by Gasteiger charge is 2.46. The normalized spacial score (nSPS) is 34.9. The Labute approximate surface area is 199 Å². The van der Waals surface area contributed by atoms with Crippen molar-refractivity contribution in [1.29, 1.82) is 0 Å². The number of likely N-dealkylation sites (tertiary alicyclic amines) is 2. The van der Waals surface area contributed by atoms with Crippen molar-refractivity contribution in [2.75, 3.05) is 52.5 Å². The van der Waals surface area contributed by atoms with Gasteiger partial charge in [0.2, 0.25) is 11.8 Å². The zero-order valence-corrected chi connectivity index (χ0v) is 21.1. The molecule has 0 bridgehead atoms. The van der Waals surface area contributed by atoms with Gasteiger partial charge in [-0.25, -0.2) is 0 Å². The predicted octanol–water partition coefficient (Wildman–Crippen LogP) is 1.69. The van der Waals surface area contributed by atoms with Crippen molar-refractivity contribution in [2.45, 2.75) is 83.7 Å². The molecule has 3 unspecified atom stereocenters. The first-order chi connectivity index (χ1) is 15.8. The SMILES string of the molecule is CC(C)CC1NCCN(C(C)C(=O)N2CCC3(CC2C)OCC(CN2CCCC2)CO3)C1=O. The van der Waals surface area contributed by atoms with Gasteiger partial charge in [0.05, 0.1) is 19.3 Å². The van der Waals surface area contributed by atoms with Gasteiger partial charge in [0, 0.05) is 51.0 Å². The number of rotatable bonds is 6. The van der Waals surface area contributed by atoms with Gasteiger partial charge in [0.1, 0.15) is 6.04 Å². The summed E-state index contributed by atoms with van der Waals surface area (Å²) in [6.45, 7) is 15.1. The zero-order valence-electron chi connectivity index (χ0n) is 21.1. The topological polar surface area (TPSA) is 74.3 Å². The lowest BCUT2D eigenvalue weighted by atomic mass is 9.94. The van der Waals surface area contributed by atoms with E-state index < -0.39 is 11.8 Å². The highest BCUT2D eigenvalue weighted by molar-refractivity contribution is 5.90. The number of nitrogens with one attached hydrogen (secondary N) is 1. The van der Waals surface area contributed by atoms with Crippen molar-refractivity contribution in [3.05, 3.63) is 0 Å². The third-order valence-corrected chi connectivity index (χ3v) is 7.89. The van der Waals surface area contributed by atoms with Crippen LogP contribution in [0.15, 0.2) is 0 Å². The minimum Gasteiger partial charge on any atom is -0.349 e. The molecular weight excluding hydrogens is 420 g/mol. The zero-order chi connectivity index (χ0) is 23.6. The summed E-state index contributed by atoms with van der Waals surface area (Å²) in [5.74, 6) is 0.398. The van der Waals surface area contributed by atoms with Crippen LogP contribution in [0.3, 0.4) is 0 Å². The van der Waals surface area contributed by atoms with Gasteiger partial charge in [0.25, 0.3) is 0 Å². The number of ether oxygens (including phenoxy) is 2. The lowest BCUT2D eigenvalue weighted by Gasteiger charge is -2.49. The first-order valence-corrected chi connectivity index (χ1v) is 13.1. The molecule has 4 aliphatic heterocycles. The van der Waals surface area contributed by atoms with E-state index >= 15 is 0 Å². The van der Waals surface area contributed by atoms with Gasteiger partial charge in [-0.1, -0.05) is 13.8 Å². The minimum absolute atomic E-state index is 0.0216. The molecule has 3 atom stereocenters. The van der Waals surface area contributed by atoms with E-state index in [-0.39, 0.29) is 23.9 Å². The smallest absolute Gasteiger partial charge is 0.245 e. The first kappa shape index (κ1) is 24.9. The molecule has 0 aliphatic carbocycles. The molecule has 8 heteroatoms. The van der Waals surface area contributed by atoms with Crippen molar-refractivity contribution < 1.29 is 19.1 Å². The summed E-state index contributed by atoms with van der Waals surface area (Å²) >= 11 is 0. The van der Waals surface area contributed by atoms with E-state index in [4.69, 9.17) is 9.47 Å². The van der Waals surface area contributed by atoms with Crippen molar-refractivity contribution in [3.8, 4) is 0 Å². The van der Waals surface area contributed by atoms with Crippen LogP contribution < -0.4 is 5.32 Å². The Balaban J connectivity index is 1.29. The summed E-state index contributed by atoms with van der Waals surface area (Å²) in [6, 6.07) is -0.606. The Morgan fingerprint density at radius 1 is 1.12 bits per heavy atom. The fraction of sp³-hybridized carbons (Fsp3) is 0.920. The van der Waals surface area contributed by atoms with Crippen LogP contribution in [0.1, 0.15) is 59.8 Å². The summed E-state index contributed by atoms with van der Waals surface area (Å²) in [6.07, 6.45) is 4.78. The number of carbonyl (C=O) groups excluding carboxylic acids is 2. The molecule has 1 N–H and O–H groups in total. The van der Waals surface area contributed by atoms with Gasteiger partial charge in [-0.15, -0.1) is 0 Å². The summed E-state index contributed by atoms with van der Waals surface area (Å²) in [4.78, 5) is 32.7. The molecule has 2 amide bonds. The van der Waals surface area contributed by atoms with E-state index in [1.54, 1.807) is 4.90 Å². The Hall–Kier alpha value is -1.22. The molecule has 0 saturated carbocycles. The van der Waals surface area contributed by atoms with Crippen LogP contribution in [0.5, 0.6) is 0 Å². The average Bonchev–Trinajstić information content (AvgIpc) is 3.29. The molecule has 188 valence electrons. The van der Waals surface area contributed by atoms with Crippen molar-refractivity contribution in [1.82, 2.24) is 20.0 Å². The molecule has 4 fully saturated rings. The van der Waals surface area contributed by atoms with Crippen molar-refractivity contribution in [2.24, 2.45) is 11.8 Å². The Morgan fingerprint density at radius 2 is 1.82 bits per heavy atom. The van der Waals surface area contributed by atoms with Gasteiger partial charge in [0.15, 0.2) is 5.79 Å². The Kier molecular flexibility index (Phi) is 7.98. The van der Waals surface area contributed by atoms with Crippen LogP contribution in [-0.2, 0) is 19.1 Å². The third kappa shape index (κ3) is 5.72. The lowest BCUT2D eigenvalue weighted by molar-refractivity contribution is -0.303. The van der Waals surface area contributed by atoms with Crippen LogP contribution in [0.25, 0.3) is 0 Å². The Bertz CT molecular complexity index is 688. The number of nitrogens with zero attached hydrogens (tertiary/aromatic N) is 3. The fourth-order valence-corrected chi connectivity index (χ4v) is 6.00. The highest BCUT2D eigenvalue weighted by Crippen LogP contribution is 2.36. The molecule has 8 nitrogen and oxygen atoms in total. The summed E-state index contributed by atoms with van der Waals surface area (Å²) < 4.78 is 12.6. The molecule has 0 aromatic rings. The van der Waals surface area contributed by atoms with Gasteiger partial charge >= 0.3 is 0 Å². The highest BCUT2D eigenvalue weighted by atomic mass is 16.7. The van der Waals surface area contributed by atoms with Crippen LogP contribution in [0.4, 0.5) is 0 Å². The second-order valence-electron chi connectivity index (χ2n) is 11.1. The summed E-state index contributed by atoms with van der Waals surface area (Å²) in [5.41, 5.74) is 0. The maximum Gasteiger partial charge on any atom is 0.245 e. The number of hydrogen-bond acceptors (Lipinski definition) is 6. The molecule has 33 heavy (non-hydrogen) atoms. The molecular formula is C25H44N4O4. The number of piperazine rings is 1. The van der Waals surface area contributed by atoms with Gasteiger partial charge < -0.3 is 29.5 Å². The van der Waals surface area contributed by atoms with Crippen LogP contribution in [0, 0.1) is 11.8 Å². The molecule has 0 aromatic heterocycles. The number of piperidine rings is 1. The van der Waals surface area contributed by atoms with Crippen LogP contribution in [-0.4, -0.2) is 103 Å². The first-order valence-electron chi connectivity index (χ1n) is 13.1. The van der Waals surface area contributed by atoms with Gasteiger partial charge in [-0.2, -0.15) is 0 Å². The van der Waals surface area contributed by atoms with Crippen molar-refractivity contribution in [3.63, 3.8) is 0 Å². The van der Waals surface area contributed by atoms with Crippen molar-refractivity contribution >= 4 is 11.8 Å². The second-order valence-corrected chi connectivity index (χ2v) is 11.1. The van der Waals surface area contributed by atoms with Gasteiger partial charge in [-0.05, 0) is 52.1 Å². The van der Waals surface area contributed by atoms with Gasteiger partial charge in [-0.3, -0.25) is 9.59 Å². The number of carbonyl (C=O) groups is 2. The molecule has 4 heterocycles. The second kappa shape index (κ2) is 10.6. The molecule has 0 aromatic carbocycles. The largest absolute Gasteiger partial charge is 0.349 e. The Morgan fingerprint density at radius 3 is 2.45 bits per heavy atom. The van der Waals surface area contributed by atoms with E-state index in [0.29, 0.717) is 37.8 Å². The monoisotopic (exact) mass is 464 g/mol. The van der Waals surface area contributed by atoms with Crippen LogP contribution in [0.2, 0.25) is 0 Å². The number of amides is 2. The standard InChI is InChI=1S/C25H44N4O4/c1-18(2)13-22-24(31)29(12-8-26-22)20(4)23(30)28-11-7-25(14-19(28)3)32-16-21(17-33-25)15-27-9-5-6-10-27/h18-22,26H,5-17H2,1-4H3. The third-order valence-electron chi connectivity index (χ3n) is 7.89. The minimum atomic E-state index is -0.561. The van der Waals surface area contributed by atoms with Crippen LogP contribution >= 0.6 is 0 Å². The fourth-order valence-electron chi connectivity index (χ4n) is 6.00. The van der Waals surface area contributed by atoms with E-state index in [1.807, 2.05) is 11.8 Å².